The highest BCUT2D eigenvalue weighted by molar-refractivity contribution is 6.59. The monoisotopic (exact) mass is 298 g/mol. The Kier molecular flexibility index (Phi) is 5.33. The van der Waals surface area contributed by atoms with Gasteiger partial charge < -0.3 is 9.31 Å². The molecule has 0 bridgehead atoms. The summed E-state index contributed by atoms with van der Waals surface area (Å²) in [5.74, 6) is 1.41. The van der Waals surface area contributed by atoms with Gasteiger partial charge in [-0.3, -0.25) is 0 Å². The first-order valence-electron chi connectivity index (χ1n) is 8.70. The van der Waals surface area contributed by atoms with Crippen molar-refractivity contribution in [3.63, 3.8) is 0 Å². The molecule has 2 nitrogen and oxygen atoms in total. The fraction of sp³-hybridized carbons (Fsp3) is 1.00. The van der Waals surface area contributed by atoms with E-state index in [1.165, 1.54) is 64.2 Å². The molecule has 2 aliphatic carbocycles. The number of rotatable bonds is 3. The van der Waals surface area contributed by atoms with Crippen molar-refractivity contribution in [2.75, 3.05) is 0 Å². The predicted molar refractivity (Wildman–Crippen MR) is 84.0 cm³/mol. The smallest absolute Gasteiger partial charge is 0.404 e. The normalized spacial score (nSPS) is 35.4. The zero-order valence-corrected chi connectivity index (χ0v) is 13.5. The second-order valence-electron chi connectivity index (χ2n) is 7.04. The topological polar surface area (TPSA) is 18.5 Å². The molecule has 1 aliphatic heterocycles. The minimum Gasteiger partial charge on any atom is -0.404 e. The van der Waals surface area contributed by atoms with Crippen molar-refractivity contribution in [1.29, 1.82) is 0 Å². The highest BCUT2D eigenvalue weighted by atomic mass is 35.5. The molecule has 0 N–H and O–H groups in total. The lowest BCUT2D eigenvalue weighted by molar-refractivity contribution is 0.0324. The Hall–Kier alpha value is 0.275. The number of alkyl halides is 1. The molecule has 0 aromatic heterocycles. The van der Waals surface area contributed by atoms with Gasteiger partial charge in [-0.25, -0.2) is 0 Å². The van der Waals surface area contributed by atoms with Crippen LogP contribution in [-0.2, 0) is 9.31 Å². The van der Waals surface area contributed by atoms with Crippen LogP contribution in [0.3, 0.4) is 0 Å². The van der Waals surface area contributed by atoms with Crippen molar-refractivity contribution in [3.05, 3.63) is 0 Å². The molecule has 1 heterocycles. The van der Waals surface area contributed by atoms with Gasteiger partial charge in [0.05, 0.1) is 17.5 Å². The van der Waals surface area contributed by atoms with Crippen LogP contribution in [0.15, 0.2) is 0 Å². The largest absolute Gasteiger partial charge is 0.476 e. The molecule has 0 amide bonds. The molecule has 114 valence electrons. The van der Waals surface area contributed by atoms with E-state index in [1.807, 2.05) is 6.92 Å². The molecular formula is C16H28BClO2. The van der Waals surface area contributed by atoms with E-state index in [4.69, 9.17) is 20.9 Å². The number of halogens is 1. The van der Waals surface area contributed by atoms with Gasteiger partial charge in [0.25, 0.3) is 0 Å². The van der Waals surface area contributed by atoms with Crippen LogP contribution in [0.4, 0.5) is 0 Å². The maximum absolute atomic E-state index is 6.27. The van der Waals surface area contributed by atoms with E-state index >= 15 is 0 Å². The van der Waals surface area contributed by atoms with E-state index in [0.717, 1.165) is 0 Å². The molecule has 4 heteroatoms. The molecular weight excluding hydrogens is 270 g/mol. The van der Waals surface area contributed by atoms with Gasteiger partial charge in [0.15, 0.2) is 0 Å². The van der Waals surface area contributed by atoms with Gasteiger partial charge in [0.1, 0.15) is 0 Å². The molecule has 3 atom stereocenters. The molecule has 3 aliphatic rings. The van der Waals surface area contributed by atoms with Crippen LogP contribution in [-0.4, -0.2) is 24.6 Å². The second kappa shape index (κ2) is 7.02. The van der Waals surface area contributed by atoms with Crippen LogP contribution in [0, 0.1) is 11.8 Å². The molecule has 2 saturated carbocycles. The van der Waals surface area contributed by atoms with Crippen molar-refractivity contribution >= 4 is 18.7 Å². The highest BCUT2D eigenvalue weighted by Gasteiger charge is 2.48. The van der Waals surface area contributed by atoms with Crippen LogP contribution >= 0.6 is 11.6 Å². The first-order valence-corrected chi connectivity index (χ1v) is 9.14. The Morgan fingerprint density at radius 3 is 1.55 bits per heavy atom. The maximum Gasteiger partial charge on any atom is 0.476 e. The van der Waals surface area contributed by atoms with E-state index in [0.29, 0.717) is 24.0 Å². The molecule has 3 fully saturated rings. The number of hydrogen-bond acceptors (Lipinski definition) is 2. The van der Waals surface area contributed by atoms with Crippen LogP contribution < -0.4 is 0 Å². The van der Waals surface area contributed by atoms with Gasteiger partial charge >= 0.3 is 7.12 Å². The lowest BCUT2D eigenvalue weighted by Crippen LogP contribution is -2.38. The van der Waals surface area contributed by atoms with Crippen LogP contribution in [0.5, 0.6) is 0 Å². The predicted octanol–water partition coefficient (Wildman–Crippen LogP) is 4.59. The minimum atomic E-state index is -0.185. The molecule has 3 rings (SSSR count). The Morgan fingerprint density at radius 1 is 0.800 bits per heavy atom. The quantitative estimate of drug-likeness (QED) is 0.560. The van der Waals surface area contributed by atoms with Crippen molar-refractivity contribution < 1.29 is 9.31 Å². The second-order valence-corrected chi connectivity index (χ2v) is 7.73. The summed E-state index contributed by atoms with van der Waals surface area (Å²) in [6, 6.07) is 0. The SMILES string of the molecule is C[C@H](Cl)B1O[C@@H](C2CCCCC2)[C@H](C2CCCCC2)O1. The first kappa shape index (κ1) is 15.2. The first-order chi connectivity index (χ1) is 9.75. The maximum atomic E-state index is 6.27. The molecule has 20 heavy (non-hydrogen) atoms. The van der Waals surface area contributed by atoms with Gasteiger partial charge in [-0.2, -0.15) is 0 Å². The third-order valence-electron chi connectivity index (χ3n) is 5.51. The Bertz CT molecular complexity index is 275. The molecule has 0 aromatic rings. The summed E-state index contributed by atoms with van der Waals surface area (Å²) >= 11 is 6.24. The van der Waals surface area contributed by atoms with Gasteiger partial charge in [0, 0.05) is 0 Å². The van der Waals surface area contributed by atoms with Crippen LogP contribution in [0.25, 0.3) is 0 Å². The van der Waals surface area contributed by atoms with E-state index in [9.17, 15) is 0 Å². The van der Waals surface area contributed by atoms with E-state index < -0.39 is 0 Å². The number of hydrogen-bond donors (Lipinski definition) is 0. The average molecular weight is 299 g/mol. The summed E-state index contributed by atoms with van der Waals surface area (Å²) in [5.41, 5.74) is 0. The van der Waals surface area contributed by atoms with E-state index in [-0.39, 0.29) is 12.4 Å². The third-order valence-corrected chi connectivity index (χ3v) is 5.72. The van der Waals surface area contributed by atoms with Crippen LogP contribution in [0.1, 0.15) is 71.1 Å². The van der Waals surface area contributed by atoms with Gasteiger partial charge in [-0.15, -0.1) is 11.6 Å². The minimum absolute atomic E-state index is 0.0466. The Balaban J connectivity index is 1.69. The fourth-order valence-corrected chi connectivity index (χ4v) is 4.52. The average Bonchev–Trinajstić information content (AvgIpc) is 2.94. The lowest BCUT2D eigenvalue weighted by atomic mass is 9.77. The zero-order chi connectivity index (χ0) is 13.9. The van der Waals surface area contributed by atoms with Crippen molar-refractivity contribution in [1.82, 2.24) is 0 Å². The van der Waals surface area contributed by atoms with Gasteiger partial charge in [-0.1, -0.05) is 45.4 Å². The van der Waals surface area contributed by atoms with Crippen molar-refractivity contribution in [2.24, 2.45) is 11.8 Å². The molecule has 0 unspecified atom stereocenters. The van der Waals surface area contributed by atoms with Gasteiger partial charge in [0.2, 0.25) is 0 Å². The molecule has 0 radical (unpaired) electrons. The Morgan fingerprint density at radius 2 is 1.20 bits per heavy atom. The Labute approximate surface area is 129 Å². The molecule has 0 aromatic carbocycles. The zero-order valence-electron chi connectivity index (χ0n) is 12.7. The third kappa shape index (κ3) is 3.36. The van der Waals surface area contributed by atoms with Crippen molar-refractivity contribution in [2.45, 2.75) is 88.6 Å². The van der Waals surface area contributed by atoms with E-state index in [2.05, 4.69) is 0 Å². The molecule has 0 spiro atoms. The summed E-state index contributed by atoms with van der Waals surface area (Å²) < 4.78 is 12.5. The summed E-state index contributed by atoms with van der Waals surface area (Å²) in [5, 5.41) is -0.0466. The summed E-state index contributed by atoms with van der Waals surface area (Å²) in [4.78, 5) is 0. The van der Waals surface area contributed by atoms with Gasteiger partial charge in [-0.05, 0) is 37.5 Å². The summed E-state index contributed by atoms with van der Waals surface area (Å²) in [6.07, 6.45) is 14.1. The summed E-state index contributed by atoms with van der Waals surface area (Å²) in [7, 11) is -0.185. The van der Waals surface area contributed by atoms with E-state index in [1.54, 1.807) is 0 Å². The molecule has 1 saturated heterocycles. The lowest BCUT2D eigenvalue weighted by Gasteiger charge is -2.35. The standard InChI is InChI=1S/C16H28BClO2/c1-12(18)17-19-15(13-8-4-2-5-9-13)16(20-17)14-10-6-3-7-11-14/h12-16H,2-11H2,1H3/t12-,15-,16-/m0/s1. The van der Waals surface area contributed by atoms with Crippen molar-refractivity contribution in [3.8, 4) is 0 Å². The highest BCUT2D eigenvalue weighted by Crippen LogP contribution is 2.40. The summed E-state index contributed by atoms with van der Waals surface area (Å²) in [6.45, 7) is 1.99. The van der Waals surface area contributed by atoms with Crippen LogP contribution in [0.2, 0.25) is 0 Å². The fourth-order valence-electron chi connectivity index (χ4n) is 4.40.